The van der Waals surface area contributed by atoms with Gasteiger partial charge in [0.25, 0.3) is 5.91 Å². The lowest BCUT2D eigenvalue weighted by molar-refractivity contribution is 0.0708. The number of carbonyl (C=O) groups is 1. The lowest BCUT2D eigenvalue weighted by Gasteiger charge is -2.23. The van der Waals surface area contributed by atoms with Gasteiger partial charge in [-0.3, -0.25) is 4.79 Å². The number of halogens is 1. The Morgan fingerprint density at radius 2 is 1.51 bits per heavy atom. The Kier molecular flexibility index (Phi) is 7.69. The molecule has 0 aliphatic rings. The molecule has 0 unspecified atom stereocenters. The first-order chi connectivity index (χ1) is 18.9. The van der Waals surface area contributed by atoms with Gasteiger partial charge in [-0.15, -0.1) is 0 Å². The SMILES string of the molecule is O=C(c1ccccc1F)N(Cc1ccco1)Cc1cnc(S(=O)(=O)Cc2ccccc2)n1Cc1ccccc1. The minimum atomic E-state index is -3.84. The second-order valence-electron chi connectivity index (χ2n) is 9.07. The van der Waals surface area contributed by atoms with Crippen molar-refractivity contribution in [3.05, 3.63) is 143 Å². The van der Waals surface area contributed by atoms with Crippen molar-refractivity contribution in [2.24, 2.45) is 0 Å². The monoisotopic (exact) mass is 543 g/mol. The van der Waals surface area contributed by atoms with Crippen molar-refractivity contribution in [2.75, 3.05) is 0 Å². The summed E-state index contributed by atoms with van der Waals surface area (Å²) in [6, 6.07) is 27.5. The fourth-order valence-electron chi connectivity index (χ4n) is 4.35. The highest BCUT2D eigenvalue weighted by atomic mass is 32.2. The fourth-order valence-corrected chi connectivity index (χ4v) is 5.84. The number of rotatable bonds is 10. The molecule has 0 aliphatic heterocycles. The van der Waals surface area contributed by atoms with Gasteiger partial charge in [-0.2, -0.15) is 0 Å². The third-order valence-corrected chi connectivity index (χ3v) is 7.83. The molecule has 2 heterocycles. The molecule has 0 aliphatic carbocycles. The van der Waals surface area contributed by atoms with Gasteiger partial charge in [-0.05, 0) is 35.4 Å². The molecule has 0 spiro atoms. The van der Waals surface area contributed by atoms with Gasteiger partial charge >= 0.3 is 0 Å². The highest BCUT2D eigenvalue weighted by molar-refractivity contribution is 7.90. The zero-order chi connectivity index (χ0) is 27.2. The molecule has 3 aromatic carbocycles. The van der Waals surface area contributed by atoms with Crippen LogP contribution in [0.5, 0.6) is 0 Å². The van der Waals surface area contributed by atoms with Crippen LogP contribution in [0.1, 0.15) is 32.9 Å². The number of imidazole rings is 1. The summed E-state index contributed by atoms with van der Waals surface area (Å²) in [6.07, 6.45) is 2.96. The summed E-state index contributed by atoms with van der Waals surface area (Å²) in [5.41, 5.74) is 1.91. The Balaban J connectivity index is 1.54. The second-order valence-corrected chi connectivity index (χ2v) is 11.0. The summed E-state index contributed by atoms with van der Waals surface area (Å²) in [4.78, 5) is 19.2. The molecule has 0 saturated heterocycles. The Bertz CT molecular complexity index is 1650. The maximum Gasteiger partial charge on any atom is 0.257 e. The summed E-state index contributed by atoms with van der Waals surface area (Å²) >= 11 is 0. The number of hydrogen-bond acceptors (Lipinski definition) is 5. The van der Waals surface area contributed by atoms with E-state index >= 15 is 0 Å². The second kappa shape index (κ2) is 11.5. The van der Waals surface area contributed by atoms with E-state index in [2.05, 4.69) is 4.98 Å². The van der Waals surface area contributed by atoms with Gasteiger partial charge in [-0.1, -0.05) is 72.8 Å². The molecular weight excluding hydrogens is 517 g/mol. The lowest BCUT2D eigenvalue weighted by atomic mass is 10.1. The summed E-state index contributed by atoms with van der Waals surface area (Å²) in [7, 11) is -3.84. The van der Waals surface area contributed by atoms with Crippen LogP contribution in [0.25, 0.3) is 0 Å². The zero-order valence-electron chi connectivity index (χ0n) is 21.0. The minimum Gasteiger partial charge on any atom is -0.467 e. The number of benzene rings is 3. The predicted molar refractivity (Wildman–Crippen MR) is 144 cm³/mol. The van der Waals surface area contributed by atoms with E-state index in [0.717, 1.165) is 5.56 Å². The molecule has 0 saturated carbocycles. The third kappa shape index (κ3) is 6.15. The molecule has 39 heavy (non-hydrogen) atoms. The van der Waals surface area contributed by atoms with Gasteiger partial charge < -0.3 is 13.9 Å². The van der Waals surface area contributed by atoms with Crippen LogP contribution in [0.3, 0.4) is 0 Å². The van der Waals surface area contributed by atoms with E-state index in [1.807, 2.05) is 36.4 Å². The average molecular weight is 544 g/mol. The molecule has 0 fully saturated rings. The smallest absolute Gasteiger partial charge is 0.257 e. The maximum atomic E-state index is 14.6. The highest BCUT2D eigenvalue weighted by Gasteiger charge is 2.27. The molecule has 0 N–H and O–H groups in total. The van der Waals surface area contributed by atoms with E-state index < -0.39 is 21.6 Å². The zero-order valence-corrected chi connectivity index (χ0v) is 21.8. The van der Waals surface area contributed by atoms with E-state index in [-0.39, 0.29) is 36.1 Å². The summed E-state index contributed by atoms with van der Waals surface area (Å²) in [5, 5.41) is -0.0958. The van der Waals surface area contributed by atoms with Crippen LogP contribution in [0.4, 0.5) is 4.39 Å². The van der Waals surface area contributed by atoms with Crippen molar-refractivity contribution in [2.45, 2.75) is 30.5 Å². The topological polar surface area (TPSA) is 85.4 Å². The molecule has 0 radical (unpaired) electrons. The molecule has 1 amide bonds. The Hall–Kier alpha value is -4.50. The lowest BCUT2D eigenvalue weighted by Crippen LogP contribution is -2.32. The number of nitrogens with zero attached hydrogens (tertiary/aromatic N) is 3. The summed E-state index contributed by atoms with van der Waals surface area (Å²) in [6.45, 7) is 0.263. The molecule has 5 aromatic rings. The number of sulfone groups is 1. The van der Waals surface area contributed by atoms with Crippen molar-refractivity contribution in [1.82, 2.24) is 14.5 Å². The minimum absolute atomic E-state index is 0.0193. The number of hydrogen-bond donors (Lipinski definition) is 0. The highest BCUT2D eigenvalue weighted by Crippen LogP contribution is 2.22. The predicted octanol–water partition coefficient (Wildman–Crippen LogP) is 5.48. The Morgan fingerprint density at radius 3 is 2.18 bits per heavy atom. The number of amides is 1. The average Bonchev–Trinajstić information content (AvgIpc) is 3.60. The van der Waals surface area contributed by atoms with Gasteiger partial charge in [0.05, 0.1) is 49.1 Å². The molecule has 198 valence electrons. The first-order valence-electron chi connectivity index (χ1n) is 12.3. The molecule has 7 nitrogen and oxygen atoms in total. The van der Waals surface area contributed by atoms with Gasteiger partial charge in [0.2, 0.25) is 15.0 Å². The maximum absolute atomic E-state index is 14.6. The van der Waals surface area contributed by atoms with Crippen molar-refractivity contribution in [3.63, 3.8) is 0 Å². The van der Waals surface area contributed by atoms with E-state index in [1.54, 1.807) is 47.0 Å². The molecule has 2 aromatic heterocycles. The van der Waals surface area contributed by atoms with E-state index in [0.29, 0.717) is 17.0 Å². The number of furan rings is 1. The summed E-state index contributed by atoms with van der Waals surface area (Å²) in [5.74, 6) is -0.907. The van der Waals surface area contributed by atoms with Crippen LogP contribution < -0.4 is 0 Å². The van der Waals surface area contributed by atoms with Gasteiger partial charge in [0, 0.05) is 0 Å². The van der Waals surface area contributed by atoms with E-state index in [4.69, 9.17) is 4.42 Å². The van der Waals surface area contributed by atoms with E-state index in [1.165, 1.54) is 35.6 Å². The normalized spacial score (nSPS) is 11.4. The molecule has 5 rings (SSSR count). The standard InChI is InChI=1S/C30H26FN3O4S/c31-28-16-8-7-15-27(28)29(35)33(21-26-14-9-17-38-26)20-25-18-32-30(34(25)19-23-10-3-1-4-11-23)39(36,37)22-24-12-5-2-6-13-24/h1-18H,19-22H2. The Morgan fingerprint density at radius 1 is 0.846 bits per heavy atom. The van der Waals surface area contributed by atoms with E-state index in [9.17, 15) is 17.6 Å². The first kappa shape index (κ1) is 26.1. The van der Waals surface area contributed by atoms with Crippen molar-refractivity contribution < 1.29 is 22.0 Å². The van der Waals surface area contributed by atoms with Gasteiger partial charge in [-0.25, -0.2) is 17.8 Å². The number of carbonyl (C=O) groups excluding carboxylic acids is 1. The molecule has 0 bridgehead atoms. The molecule has 9 heteroatoms. The molecule has 0 atom stereocenters. The van der Waals surface area contributed by atoms with Gasteiger partial charge in [0.1, 0.15) is 11.6 Å². The summed E-state index contributed by atoms with van der Waals surface area (Å²) < 4.78 is 48.7. The largest absolute Gasteiger partial charge is 0.467 e. The van der Waals surface area contributed by atoms with Crippen LogP contribution in [0, 0.1) is 5.82 Å². The van der Waals surface area contributed by atoms with Crippen molar-refractivity contribution in [3.8, 4) is 0 Å². The van der Waals surface area contributed by atoms with Gasteiger partial charge in [0.15, 0.2) is 0 Å². The van der Waals surface area contributed by atoms with Crippen LogP contribution in [-0.4, -0.2) is 28.8 Å². The number of aromatic nitrogens is 2. The quantitative estimate of drug-likeness (QED) is 0.233. The van der Waals surface area contributed by atoms with Crippen molar-refractivity contribution >= 4 is 15.7 Å². The molecular formula is C30H26FN3O4S. The van der Waals surface area contributed by atoms with Crippen LogP contribution in [-0.2, 0) is 35.2 Å². The van der Waals surface area contributed by atoms with Crippen molar-refractivity contribution in [1.29, 1.82) is 0 Å². The van der Waals surface area contributed by atoms with Crippen LogP contribution >= 0.6 is 0 Å². The Labute approximate surface area is 226 Å². The van der Waals surface area contributed by atoms with Crippen LogP contribution in [0.15, 0.2) is 119 Å². The van der Waals surface area contributed by atoms with Crippen LogP contribution in [0.2, 0.25) is 0 Å². The first-order valence-corrected chi connectivity index (χ1v) is 14.0. The third-order valence-electron chi connectivity index (χ3n) is 6.23. The fraction of sp³-hybridized carbons (Fsp3) is 0.133.